The van der Waals surface area contributed by atoms with Gasteiger partial charge in [0.2, 0.25) is 59.1 Å². The molecule has 4 aliphatic rings. The third-order valence-corrected chi connectivity index (χ3v) is 19.2. The molecule has 1 aromatic carbocycles. The molecule has 2 saturated heterocycles. The number of benzene rings is 1. The van der Waals surface area contributed by atoms with Gasteiger partial charge < -0.3 is 67.6 Å². The van der Waals surface area contributed by atoms with Crippen molar-refractivity contribution < 1.29 is 81.8 Å². The number of carbonyl (C=O) groups is 12. The standard InChI is InChI=1S/C58H84N10O17S2/c1-6-30(2)37-21-34(70)24-61-52(78)33-19-38-36-13-14-45(85-5)39(28-86-17-11-9-15-60-47(75)12-8-7-10-16-67-49(77)18-31(3)57(67)82)51(36)66-56(38)87(84)29-41(63-48(76)25-62-53(37)79)54(80)64-40(23-46(59)74)58(83)68-26-35(71)22-42(68)55(81)65-50(43(72)20-33)32(4)44(73)27-69/h13-14,30-33,35,37,40-42,44,50,66,69,71,73H,6-12,15-29H2,1-5H3,(H2,59,74)(H,60,75)(H,61,78)(H,62,79)(H,63,76)(H,64,80)(H,65,81)/t30-,31?,32-,33+,35+,37-,40-,41-,42-,44-,50-,87?/m0/s1. The van der Waals surface area contributed by atoms with Crippen LogP contribution in [0.25, 0.3) is 10.9 Å². The van der Waals surface area contributed by atoms with Crippen LogP contribution in [0, 0.1) is 29.6 Å². The van der Waals surface area contributed by atoms with Gasteiger partial charge in [-0.05, 0) is 61.5 Å². The fourth-order valence-electron chi connectivity index (χ4n) is 11.3. The number of methoxy groups -OCH3 is 1. The van der Waals surface area contributed by atoms with Crippen LogP contribution in [0.5, 0.6) is 5.75 Å². The van der Waals surface area contributed by atoms with E-state index in [0.717, 1.165) is 4.90 Å². The lowest BCUT2D eigenvalue weighted by Crippen LogP contribution is -2.60. The Hall–Kier alpha value is -6.82. The molecule has 2 aromatic rings. The molecule has 480 valence electrons. The number of imide groups is 1. The maximum atomic E-state index is 15.3. The molecule has 6 rings (SSSR count). The van der Waals surface area contributed by atoms with Crippen LogP contribution in [0.15, 0.2) is 17.2 Å². The molecule has 0 saturated carbocycles. The molecular weight excluding hydrogens is 1170 g/mol. The van der Waals surface area contributed by atoms with E-state index in [4.69, 9.17) is 10.5 Å². The van der Waals surface area contributed by atoms with Gasteiger partial charge >= 0.3 is 0 Å². The summed E-state index contributed by atoms with van der Waals surface area (Å²) in [6.07, 6.45) is -1.64. The number of unbranched alkanes of at least 4 members (excludes halogenated alkanes) is 3. The minimum Gasteiger partial charge on any atom is -0.496 e. The SMILES string of the molecule is CC[C@H](C)[C@@H]1CC(=O)CNC(=O)[C@H]2CC(=O)[C@H]([C@@H](C)[C@@H](O)CO)NC(=O)[C@@H]3C[C@@H](O)CN3C(=O)[C@H](CC(N)=O)NC(=O)[C@H](CS(=O)c3[nH]c4c(CSCCCCNC(=O)CCCCCN5C(=O)CC(C)C5=O)c(OC)ccc4c3C2)NC(=O)CNC1=O. The van der Waals surface area contributed by atoms with Gasteiger partial charge in [0.25, 0.3) is 0 Å². The number of aliphatic hydroxyl groups excluding tert-OH is 3. The third kappa shape index (κ3) is 18.4. The number of ether oxygens (including phenoxy) is 1. The summed E-state index contributed by atoms with van der Waals surface area (Å²) in [5.74, 6) is -12.7. The largest absolute Gasteiger partial charge is 0.496 e. The van der Waals surface area contributed by atoms with E-state index in [-0.39, 0.29) is 52.8 Å². The van der Waals surface area contributed by atoms with Gasteiger partial charge in [-0.25, -0.2) is 0 Å². The number of rotatable bonds is 21. The van der Waals surface area contributed by atoms with Crippen LogP contribution in [0.1, 0.15) is 116 Å². The molecule has 5 heterocycles. The van der Waals surface area contributed by atoms with E-state index in [1.807, 2.05) is 0 Å². The smallest absolute Gasteiger partial charge is 0.246 e. The maximum Gasteiger partial charge on any atom is 0.246 e. The third-order valence-electron chi connectivity index (χ3n) is 16.7. The van der Waals surface area contributed by atoms with Crippen molar-refractivity contribution in [1.82, 2.24) is 46.7 Å². The highest BCUT2D eigenvalue weighted by Gasteiger charge is 2.45. The molecule has 4 aliphatic heterocycles. The number of ketones is 2. The van der Waals surface area contributed by atoms with E-state index in [1.165, 1.54) is 30.7 Å². The first kappa shape index (κ1) is 69.3. The first-order chi connectivity index (χ1) is 41.4. The Labute approximate surface area is 511 Å². The molecular formula is C58H84N10O17S2. The van der Waals surface area contributed by atoms with Gasteiger partial charge in [0.1, 0.15) is 28.9 Å². The van der Waals surface area contributed by atoms with Crippen LogP contribution in [0.3, 0.4) is 0 Å². The van der Waals surface area contributed by atoms with Crippen LogP contribution in [-0.2, 0) is 80.5 Å². The van der Waals surface area contributed by atoms with Crippen molar-refractivity contribution in [3.05, 3.63) is 23.3 Å². The minimum atomic E-state index is -2.40. The molecule has 0 spiro atoms. The molecule has 1 aromatic heterocycles. The van der Waals surface area contributed by atoms with Crippen molar-refractivity contribution in [2.75, 3.05) is 57.9 Å². The monoisotopic (exact) mass is 1260 g/mol. The van der Waals surface area contributed by atoms with Crippen molar-refractivity contribution in [3.63, 3.8) is 0 Å². The topological polar surface area (TPSA) is 412 Å². The zero-order valence-electron chi connectivity index (χ0n) is 49.9. The number of carbonyl (C=O) groups excluding carboxylic acids is 12. The second-order valence-electron chi connectivity index (χ2n) is 23.1. The number of nitrogens with zero attached hydrogens (tertiary/aromatic N) is 2. The lowest BCUT2D eigenvalue weighted by Gasteiger charge is -2.32. The molecule has 27 nitrogen and oxygen atoms in total. The van der Waals surface area contributed by atoms with E-state index in [0.29, 0.717) is 86.0 Å². The Morgan fingerprint density at radius 1 is 0.885 bits per heavy atom. The summed E-state index contributed by atoms with van der Waals surface area (Å²) < 4.78 is 21.2. The number of nitrogens with two attached hydrogens (primary N) is 1. The average molecular weight is 1260 g/mol. The number of nitrogens with one attached hydrogen (secondary N) is 7. The van der Waals surface area contributed by atoms with E-state index in [9.17, 15) is 72.9 Å². The summed E-state index contributed by atoms with van der Waals surface area (Å²) in [6.45, 7) is 4.61. The number of aromatic amines is 1. The van der Waals surface area contributed by atoms with Gasteiger partial charge in [0, 0.05) is 92.1 Å². The van der Waals surface area contributed by atoms with Crippen molar-refractivity contribution in [3.8, 4) is 5.75 Å². The summed E-state index contributed by atoms with van der Waals surface area (Å²) in [7, 11) is -0.956. The zero-order valence-corrected chi connectivity index (χ0v) is 51.5. The fourth-order valence-corrected chi connectivity index (χ4v) is 13.8. The van der Waals surface area contributed by atoms with Gasteiger partial charge in [-0.3, -0.25) is 66.6 Å². The zero-order chi connectivity index (χ0) is 63.8. The second-order valence-corrected chi connectivity index (χ2v) is 25.6. The minimum absolute atomic E-state index is 0.0837. The van der Waals surface area contributed by atoms with Gasteiger partial charge in [0.15, 0.2) is 11.6 Å². The number of Topliss-reactive ketones (excluding diaryl/α,β-unsaturated/α-hetero) is 2. The summed E-state index contributed by atoms with van der Waals surface area (Å²) in [5.41, 5.74) is 6.75. The van der Waals surface area contributed by atoms with Gasteiger partial charge in [-0.2, -0.15) is 11.8 Å². The molecule has 0 radical (unpaired) electrons. The Kier molecular flexibility index (Phi) is 25.8. The fraction of sp³-hybridized carbons (Fsp3) is 0.655. The molecule has 29 heteroatoms. The van der Waals surface area contributed by atoms with Gasteiger partial charge in [-0.15, -0.1) is 0 Å². The average Bonchev–Trinajstić information content (AvgIpc) is 1.68. The van der Waals surface area contributed by atoms with E-state index in [2.05, 4.69) is 36.9 Å². The molecule has 87 heavy (non-hydrogen) atoms. The Bertz CT molecular complexity index is 2940. The van der Waals surface area contributed by atoms with Crippen LogP contribution < -0.4 is 42.4 Å². The molecule has 2 unspecified atom stereocenters. The summed E-state index contributed by atoms with van der Waals surface area (Å²) in [6, 6.07) is -3.64. The lowest BCUT2D eigenvalue weighted by atomic mass is 9.85. The Morgan fingerprint density at radius 2 is 1.62 bits per heavy atom. The van der Waals surface area contributed by atoms with Crippen LogP contribution in [0.2, 0.25) is 0 Å². The number of amides is 10. The summed E-state index contributed by atoms with van der Waals surface area (Å²) in [5, 5.41) is 47.8. The van der Waals surface area contributed by atoms with Gasteiger partial charge in [-0.1, -0.05) is 40.5 Å². The highest BCUT2D eigenvalue weighted by atomic mass is 32.2. The van der Waals surface area contributed by atoms with Crippen molar-refractivity contribution in [2.24, 2.45) is 35.3 Å². The Balaban J connectivity index is 1.37. The normalized spacial score (nSPS) is 26.0. The van der Waals surface area contributed by atoms with Crippen molar-refractivity contribution in [1.29, 1.82) is 0 Å². The number of aliphatic hydroxyl groups is 3. The van der Waals surface area contributed by atoms with E-state index in [1.54, 1.807) is 32.9 Å². The molecule has 2 fully saturated rings. The first-order valence-corrected chi connectivity index (χ1v) is 32.2. The van der Waals surface area contributed by atoms with E-state index >= 15 is 4.21 Å². The van der Waals surface area contributed by atoms with Crippen molar-refractivity contribution >= 4 is 104 Å². The molecule has 0 aliphatic carbocycles. The quantitative estimate of drug-likeness (QED) is 0.0508. The number of aromatic nitrogens is 1. The number of thioether (sulfide) groups is 1. The number of H-pyrrole nitrogens is 1. The number of primary amides is 1. The molecule has 12 N–H and O–H groups in total. The molecule has 10 amide bonds. The number of hydrogen-bond acceptors (Lipinski definition) is 18. The molecule has 12 atom stereocenters. The van der Waals surface area contributed by atoms with Crippen LogP contribution in [-0.4, -0.2) is 199 Å². The predicted molar refractivity (Wildman–Crippen MR) is 317 cm³/mol. The maximum absolute atomic E-state index is 15.3. The number of hydrogen-bond donors (Lipinski definition) is 11. The highest BCUT2D eigenvalue weighted by Crippen LogP contribution is 2.37. The number of likely N-dealkylation sites (tertiary alicyclic amines) is 1. The molecule has 2 bridgehead atoms. The highest BCUT2D eigenvalue weighted by molar-refractivity contribution is 7.98. The summed E-state index contributed by atoms with van der Waals surface area (Å²) in [4.78, 5) is 170. The predicted octanol–water partition coefficient (Wildman–Crippen LogP) is -1.35. The first-order valence-electron chi connectivity index (χ1n) is 29.7. The van der Waals surface area contributed by atoms with Crippen molar-refractivity contribution in [2.45, 2.75) is 158 Å². The summed E-state index contributed by atoms with van der Waals surface area (Å²) >= 11 is 1.51. The lowest BCUT2D eigenvalue weighted by molar-refractivity contribution is -0.144. The van der Waals surface area contributed by atoms with Crippen LogP contribution >= 0.6 is 11.8 Å². The van der Waals surface area contributed by atoms with Gasteiger partial charge in [0.05, 0.1) is 73.5 Å². The van der Waals surface area contributed by atoms with E-state index < -0.39 is 181 Å². The van der Waals surface area contributed by atoms with Crippen LogP contribution in [0.4, 0.5) is 0 Å². The second kappa shape index (κ2) is 32.4. The number of fused-ring (bicyclic) bond motifs is 5. The Morgan fingerprint density at radius 3 is 2.30 bits per heavy atom.